The summed E-state index contributed by atoms with van der Waals surface area (Å²) in [5.41, 5.74) is -2.78. The molecule has 0 heterocycles. The number of benzene rings is 2. The van der Waals surface area contributed by atoms with E-state index in [1.165, 1.54) is 13.8 Å². The molecule has 0 saturated carbocycles. The second-order valence-corrected chi connectivity index (χ2v) is 13.6. The van der Waals surface area contributed by atoms with Crippen LogP contribution in [0.15, 0.2) is 61.3 Å². The Morgan fingerprint density at radius 3 is 1.26 bits per heavy atom. The zero-order chi connectivity index (χ0) is 28.7. The van der Waals surface area contributed by atoms with Gasteiger partial charge in [-0.25, -0.2) is 0 Å². The Morgan fingerprint density at radius 2 is 1.00 bits per heavy atom. The number of carbonyl (C=O) groups is 2. The number of rotatable bonds is 10. The second kappa shape index (κ2) is 14.5. The van der Waals surface area contributed by atoms with Gasteiger partial charge in [-0.2, -0.15) is 20.8 Å². The van der Waals surface area contributed by atoms with E-state index in [-0.39, 0.29) is 25.7 Å². The minimum Gasteiger partial charge on any atom is -0.424 e. The van der Waals surface area contributed by atoms with Crippen LogP contribution >= 0.6 is 95.6 Å². The molecule has 0 amide bonds. The van der Waals surface area contributed by atoms with Crippen LogP contribution in [0.1, 0.15) is 39.5 Å². The lowest BCUT2D eigenvalue weighted by molar-refractivity contribution is -0.135. The van der Waals surface area contributed by atoms with Crippen molar-refractivity contribution >= 4 is 108 Å². The number of carbonyl (C=O) groups excluding carboxylic acids is 2. The Hall–Kier alpha value is -1.16. The van der Waals surface area contributed by atoms with Crippen molar-refractivity contribution in [3.8, 4) is 23.6 Å². The average Bonchev–Trinajstić information content (AvgIpc) is 2.84. The van der Waals surface area contributed by atoms with Crippen LogP contribution in [0.2, 0.25) is 0 Å². The third-order valence-electron chi connectivity index (χ3n) is 4.96. The van der Waals surface area contributed by atoms with Gasteiger partial charge in [0.1, 0.15) is 0 Å². The number of azo groups is 1. The highest BCUT2D eigenvalue weighted by atomic mass is 79.9. The van der Waals surface area contributed by atoms with E-state index in [0.29, 0.717) is 29.4 Å². The average molecular weight is 906 g/mol. The molecule has 2 atom stereocenters. The van der Waals surface area contributed by atoms with Gasteiger partial charge >= 0.3 is 11.9 Å². The smallest absolute Gasteiger partial charge is 0.311 e. The molecule has 0 aliphatic heterocycles. The molecule has 0 N–H and O–H groups in total. The molecule has 0 radical (unpaired) electrons. The van der Waals surface area contributed by atoms with E-state index in [9.17, 15) is 20.1 Å². The standard InChI is InChI=1S/C24H18Br6N4O4/c1-23(11-31,5-3-19(35)37-21-15(27)7-13(25)8-16(21)28)33-34-24(2,12-32)6-4-20(36)38-22-17(29)9-14(26)10-18(22)30/h7-10H,3-6H2,1-2H3. The van der Waals surface area contributed by atoms with Gasteiger partial charge in [-0.1, -0.05) is 31.9 Å². The fourth-order valence-electron chi connectivity index (χ4n) is 2.75. The Labute approximate surface area is 270 Å². The first kappa shape index (κ1) is 33.0. The van der Waals surface area contributed by atoms with Crippen LogP contribution in [0, 0.1) is 22.7 Å². The Morgan fingerprint density at radius 1 is 0.711 bits per heavy atom. The highest BCUT2D eigenvalue weighted by Crippen LogP contribution is 2.38. The molecule has 14 heteroatoms. The van der Waals surface area contributed by atoms with Crippen molar-refractivity contribution in [3.05, 3.63) is 51.1 Å². The molecule has 38 heavy (non-hydrogen) atoms. The molecule has 8 nitrogen and oxygen atoms in total. The van der Waals surface area contributed by atoms with Crippen LogP contribution in [0.3, 0.4) is 0 Å². The van der Waals surface area contributed by atoms with Crippen LogP contribution in [-0.2, 0) is 9.59 Å². The number of hydrogen-bond donors (Lipinski definition) is 0. The van der Waals surface area contributed by atoms with Crippen LogP contribution in [0.5, 0.6) is 11.5 Å². The molecule has 0 saturated heterocycles. The van der Waals surface area contributed by atoms with E-state index >= 15 is 0 Å². The van der Waals surface area contributed by atoms with Crippen molar-refractivity contribution in [2.24, 2.45) is 10.2 Å². The van der Waals surface area contributed by atoms with Gasteiger partial charge in [-0.3, -0.25) is 9.59 Å². The summed E-state index contributed by atoms with van der Waals surface area (Å²) in [6.45, 7) is 3.01. The summed E-state index contributed by atoms with van der Waals surface area (Å²) in [5, 5.41) is 27.5. The molecule has 0 spiro atoms. The summed E-state index contributed by atoms with van der Waals surface area (Å²) in [7, 11) is 0. The maximum absolute atomic E-state index is 12.4. The van der Waals surface area contributed by atoms with Gasteiger partial charge in [0.15, 0.2) is 22.6 Å². The van der Waals surface area contributed by atoms with Crippen molar-refractivity contribution in [3.63, 3.8) is 0 Å². The molecule has 0 aliphatic rings. The number of halogens is 6. The molecule has 2 aromatic carbocycles. The quantitative estimate of drug-likeness (QED) is 0.133. The summed E-state index contributed by atoms with van der Waals surface area (Å²) in [6, 6.07) is 11.0. The van der Waals surface area contributed by atoms with Crippen LogP contribution < -0.4 is 9.47 Å². The number of hydrogen-bond acceptors (Lipinski definition) is 8. The van der Waals surface area contributed by atoms with E-state index in [4.69, 9.17) is 9.47 Å². The molecule has 2 rings (SSSR count). The topological polar surface area (TPSA) is 125 Å². The zero-order valence-corrected chi connectivity index (χ0v) is 29.3. The molecule has 0 bridgehead atoms. The van der Waals surface area contributed by atoms with Gasteiger partial charge in [-0.05, 0) is 115 Å². The molecule has 2 unspecified atom stereocenters. The highest BCUT2D eigenvalue weighted by Gasteiger charge is 2.30. The molecular weight excluding hydrogens is 888 g/mol. The molecule has 200 valence electrons. The summed E-state index contributed by atoms with van der Waals surface area (Å²) in [5.74, 6) is -0.517. The van der Waals surface area contributed by atoms with Crippen LogP contribution in [-0.4, -0.2) is 23.0 Å². The fraction of sp³-hybridized carbons (Fsp3) is 0.333. The third-order valence-corrected chi connectivity index (χ3v) is 8.23. The number of nitrogens with zero attached hydrogens (tertiary/aromatic N) is 4. The predicted octanol–water partition coefficient (Wildman–Crippen LogP) is 9.35. The molecule has 0 fully saturated rings. The SMILES string of the molecule is CC(C#N)(CCC(=O)Oc1c(Br)cc(Br)cc1Br)N=NC(C)(C#N)CCC(=O)Oc1c(Br)cc(Br)cc1Br. The molecular formula is C24H18Br6N4O4. The van der Waals surface area contributed by atoms with Gasteiger partial charge < -0.3 is 9.47 Å². The fourth-order valence-corrected chi connectivity index (χ4v) is 7.59. The van der Waals surface area contributed by atoms with Crippen molar-refractivity contribution < 1.29 is 19.1 Å². The van der Waals surface area contributed by atoms with Crippen molar-refractivity contribution in [1.82, 2.24) is 0 Å². The van der Waals surface area contributed by atoms with Gasteiger partial charge in [0.25, 0.3) is 0 Å². The van der Waals surface area contributed by atoms with E-state index in [1.807, 2.05) is 12.1 Å². The van der Waals surface area contributed by atoms with Gasteiger partial charge in [0.2, 0.25) is 0 Å². The first-order valence-corrected chi connectivity index (χ1v) is 15.4. The number of ether oxygens (including phenoxy) is 2. The van der Waals surface area contributed by atoms with E-state index in [2.05, 4.69) is 106 Å². The monoisotopic (exact) mass is 900 g/mol. The lowest BCUT2D eigenvalue weighted by Gasteiger charge is -2.19. The summed E-state index contributed by atoms with van der Waals surface area (Å²) in [6.07, 6.45) is -0.228. The summed E-state index contributed by atoms with van der Waals surface area (Å²) < 4.78 is 14.7. The Bertz CT molecular complexity index is 1210. The summed E-state index contributed by atoms with van der Waals surface area (Å²) >= 11 is 20.1. The minimum absolute atomic E-state index is 0.00672. The van der Waals surface area contributed by atoms with Crippen molar-refractivity contribution in [2.75, 3.05) is 0 Å². The van der Waals surface area contributed by atoms with Gasteiger partial charge in [0, 0.05) is 21.8 Å². The van der Waals surface area contributed by atoms with Crippen LogP contribution in [0.4, 0.5) is 0 Å². The maximum atomic E-state index is 12.4. The Kier molecular flexibility index (Phi) is 12.6. The lowest BCUT2D eigenvalue weighted by atomic mass is 9.97. The molecule has 0 aromatic heterocycles. The maximum Gasteiger partial charge on any atom is 0.311 e. The van der Waals surface area contributed by atoms with Gasteiger partial charge in [0.05, 0.1) is 30.0 Å². The van der Waals surface area contributed by atoms with Crippen LogP contribution in [0.25, 0.3) is 0 Å². The second-order valence-electron chi connectivity index (χ2n) is 8.32. The van der Waals surface area contributed by atoms with Gasteiger partial charge in [-0.15, -0.1) is 0 Å². The predicted molar refractivity (Wildman–Crippen MR) is 162 cm³/mol. The minimum atomic E-state index is -1.39. The number of nitriles is 2. The largest absolute Gasteiger partial charge is 0.424 e. The van der Waals surface area contributed by atoms with E-state index in [0.717, 1.165) is 8.95 Å². The first-order valence-electron chi connectivity index (χ1n) is 10.7. The van der Waals surface area contributed by atoms with Crippen molar-refractivity contribution in [2.45, 2.75) is 50.6 Å². The lowest BCUT2D eigenvalue weighted by Crippen LogP contribution is -2.26. The highest BCUT2D eigenvalue weighted by molar-refractivity contribution is 9.12. The first-order chi connectivity index (χ1) is 17.7. The normalized spacial score (nSPS) is 14.2. The Balaban J connectivity index is 2.01. The number of esters is 2. The van der Waals surface area contributed by atoms with E-state index in [1.54, 1.807) is 24.3 Å². The molecule has 0 aliphatic carbocycles. The third kappa shape index (κ3) is 9.79. The molecule has 2 aromatic rings. The van der Waals surface area contributed by atoms with E-state index < -0.39 is 23.0 Å². The van der Waals surface area contributed by atoms with Crippen molar-refractivity contribution in [1.29, 1.82) is 10.5 Å². The zero-order valence-electron chi connectivity index (χ0n) is 19.8. The summed E-state index contributed by atoms with van der Waals surface area (Å²) in [4.78, 5) is 24.9.